The Labute approximate surface area is 128 Å². The quantitative estimate of drug-likeness (QED) is 0.791. The molecule has 1 aromatic rings. The molecule has 1 aromatic heterocycles. The van der Waals surface area contributed by atoms with Crippen molar-refractivity contribution in [1.82, 2.24) is 10.0 Å². The van der Waals surface area contributed by atoms with Gasteiger partial charge in [-0.15, -0.1) is 11.3 Å². The number of rotatable bonds is 4. The minimum absolute atomic E-state index is 0.245. The summed E-state index contributed by atoms with van der Waals surface area (Å²) in [7, 11) is -3.43. The number of halogens is 2. The third-order valence-corrected chi connectivity index (χ3v) is 7.03. The van der Waals surface area contributed by atoms with Crippen LogP contribution in [0.25, 0.3) is 0 Å². The summed E-state index contributed by atoms with van der Waals surface area (Å²) in [5.41, 5.74) is 0. The molecule has 0 saturated carbocycles. The predicted octanol–water partition coefficient (Wildman–Crippen LogP) is 2.69. The van der Waals surface area contributed by atoms with Crippen LogP contribution in [0.1, 0.15) is 19.3 Å². The van der Waals surface area contributed by atoms with Crippen molar-refractivity contribution in [3.63, 3.8) is 0 Å². The molecule has 1 fully saturated rings. The fraction of sp³-hybridized carbons (Fsp3) is 0.600. The summed E-state index contributed by atoms with van der Waals surface area (Å²) in [5.74, 6) is 0. The van der Waals surface area contributed by atoms with Gasteiger partial charge in [-0.2, -0.15) is 0 Å². The Morgan fingerprint density at radius 3 is 2.78 bits per heavy atom. The number of hydrogen-bond donors (Lipinski definition) is 2. The maximum absolute atomic E-state index is 12.1. The van der Waals surface area contributed by atoms with Gasteiger partial charge in [0.1, 0.15) is 4.90 Å². The normalized spacial score (nSPS) is 21.1. The number of hydrogen-bond acceptors (Lipinski definition) is 4. The van der Waals surface area contributed by atoms with E-state index in [2.05, 4.69) is 41.9 Å². The van der Waals surface area contributed by atoms with E-state index in [4.69, 9.17) is 0 Å². The first-order valence-corrected chi connectivity index (χ1v) is 9.55. The van der Waals surface area contributed by atoms with E-state index in [0.29, 0.717) is 15.2 Å². The molecule has 2 N–H and O–H groups in total. The molecule has 2 heterocycles. The average Bonchev–Trinajstić information content (AvgIpc) is 2.68. The summed E-state index contributed by atoms with van der Waals surface area (Å²) in [6.45, 7) is 1.42. The Morgan fingerprint density at radius 2 is 2.22 bits per heavy atom. The van der Waals surface area contributed by atoms with Gasteiger partial charge in [-0.05, 0) is 57.3 Å². The van der Waals surface area contributed by atoms with Crippen molar-refractivity contribution < 1.29 is 8.42 Å². The number of piperidine rings is 1. The van der Waals surface area contributed by atoms with Gasteiger partial charge in [-0.1, -0.05) is 6.42 Å². The monoisotopic (exact) mass is 416 g/mol. The van der Waals surface area contributed by atoms with Crippen molar-refractivity contribution in [3.05, 3.63) is 13.6 Å². The first kappa shape index (κ1) is 14.9. The molecular formula is C10H14Br2N2O2S2. The lowest BCUT2D eigenvalue weighted by Gasteiger charge is -2.23. The second-order valence-electron chi connectivity index (χ2n) is 4.19. The molecule has 0 amide bonds. The zero-order valence-corrected chi connectivity index (χ0v) is 14.4. The van der Waals surface area contributed by atoms with Gasteiger partial charge in [0.25, 0.3) is 0 Å². The van der Waals surface area contributed by atoms with Crippen LogP contribution in [0.5, 0.6) is 0 Å². The van der Waals surface area contributed by atoms with E-state index in [1.54, 1.807) is 6.07 Å². The van der Waals surface area contributed by atoms with Crippen LogP contribution in [0, 0.1) is 0 Å². The van der Waals surface area contributed by atoms with Gasteiger partial charge in [0.15, 0.2) is 0 Å². The molecule has 102 valence electrons. The number of sulfonamides is 1. The molecule has 1 unspecified atom stereocenters. The second kappa shape index (κ2) is 6.32. The van der Waals surface area contributed by atoms with Crippen LogP contribution in [0.4, 0.5) is 0 Å². The van der Waals surface area contributed by atoms with E-state index in [-0.39, 0.29) is 6.04 Å². The lowest BCUT2D eigenvalue weighted by molar-refractivity contribution is 0.398. The molecule has 1 aliphatic heterocycles. The van der Waals surface area contributed by atoms with Gasteiger partial charge in [0.05, 0.1) is 7.57 Å². The van der Waals surface area contributed by atoms with Crippen molar-refractivity contribution >= 4 is 53.2 Å². The summed E-state index contributed by atoms with van der Waals surface area (Å²) in [5, 5.41) is 3.32. The van der Waals surface area contributed by atoms with Crippen LogP contribution in [0.3, 0.4) is 0 Å². The first-order valence-electron chi connectivity index (χ1n) is 5.67. The molecule has 1 aliphatic rings. The number of nitrogens with one attached hydrogen (secondary N) is 2. The van der Waals surface area contributed by atoms with Gasteiger partial charge in [-0.3, -0.25) is 0 Å². The van der Waals surface area contributed by atoms with Crippen molar-refractivity contribution in [1.29, 1.82) is 0 Å². The summed E-state index contributed by atoms with van der Waals surface area (Å²) < 4.78 is 28.3. The Morgan fingerprint density at radius 1 is 1.44 bits per heavy atom. The third kappa shape index (κ3) is 3.77. The van der Waals surface area contributed by atoms with E-state index in [9.17, 15) is 8.42 Å². The van der Waals surface area contributed by atoms with Gasteiger partial charge < -0.3 is 5.32 Å². The Kier molecular flexibility index (Phi) is 5.24. The van der Waals surface area contributed by atoms with Crippen LogP contribution in [0.15, 0.2) is 18.5 Å². The summed E-state index contributed by atoms with van der Waals surface area (Å²) in [4.78, 5) is 0.301. The maximum atomic E-state index is 12.1. The molecule has 0 aromatic carbocycles. The Hall–Kier alpha value is 0.530. The highest BCUT2D eigenvalue weighted by Gasteiger charge is 2.22. The van der Waals surface area contributed by atoms with E-state index in [1.807, 2.05) is 0 Å². The van der Waals surface area contributed by atoms with Crippen molar-refractivity contribution in [2.75, 3.05) is 13.1 Å². The van der Waals surface area contributed by atoms with E-state index < -0.39 is 10.0 Å². The molecule has 4 nitrogen and oxygen atoms in total. The summed E-state index contributed by atoms with van der Waals surface area (Å²) in [6, 6.07) is 1.86. The lowest BCUT2D eigenvalue weighted by atomic mass is 10.1. The lowest BCUT2D eigenvalue weighted by Crippen LogP contribution is -2.43. The highest BCUT2D eigenvalue weighted by molar-refractivity contribution is 9.12. The smallest absolute Gasteiger partial charge is 0.242 e. The maximum Gasteiger partial charge on any atom is 0.242 e. The average molecular weight is 418 g/mol. The molecule has 0 radical (unpaired) electrons. The SMILES string of the molecule is O=S(=O)(NCC1CCCCN1)c1cc(Br)sc1Br. The van der Waals surface area contributed by atoms with Crippen molar-refractivity contribution in [2.45, 2.75) is 30.2 Å². The molecule has 0 aliphatic carbocycles. The first-order chi connectivity index (χ1) is 8.49. The molecule has 2 rings (SSSR count). The zero-order valence-electron chi connectivity index (χ0n) is 9.58. The largest absolute Gasteiger partial charge is 0.313 e. The van der Waals surface area contributed by atoms with Crippen LogP contribution in [-0.4, -0.2) is 27.5 Å². The Balaban J connectivity index is 2.01. The van der Waals surface area contributed by atoms with Crippen molar-refractivity contribution in [3.8, 4) is 0 Å². The highest BCUT2D eigenvalue weighted by atomic mass is 79.9. The van der Waals surface area contributed by atoms with E-state index in [1.165, 1.54) is 17.8 Å². The van der Waals surface area contributed by atoms with Crippen LogP contribution >= 0.6 is 43.2 Å². The molecule has 0 bridgehead atoms. The van der Waals surface area contributed by atoms with E-state index in [0.717, 1.165) is 23.2 Å². The molecule has 1 atom stereocenters. The summed E-state index contributed by atoms with van der Waals surface area (Å²) in [6.07, 6.45) is 3.36. The predicted molar refractivity (Wildman–Crippen MR) is 80.5 cm³/mol. The minimum Gasteiger partial charge on any atom is -0.313 e. The molecular weight excluding hydrogens is 404 g/mol. The molecule has 8 heteroatoms. The van der Waals surface area contributed by atoms with E-state index >= 15 is 0 Å². The second-order valence-corrected chi connectivity index (χ2v) is 9.67. The van der Waals surface area contributed by atoms with Gasteiger partial charge in [-0.25, -0.2) is 13.1 Å². The summed E-state index contributed by atoms with van der Waals surface area (Å²) >= 11 is 7.92. The van der Waals surface area contributed by atoms with Crippen LogP contribution in [-0.2, 0) is 10.0 Å². The minimum atomic E-state index is -3.43. The van der Waals surface area contributed by atoms with Gasteiger partial charge in [0.2, 0.25) is 10.0 Å². The van der Waals surface area contributed by atoms with Gasteiger partial charge >= 0.3 is 0 Å². The van der Waals surface area contributed by atoms with Crippen molar-refractivity contribution in [2.24, 2.45) is 0 Å². The topological polar surface area (TPSA) is 58.2 Å². The number of thiophene rings is 1. The third-order valence-electron chi connectivity index (χ3n) is 2.85. The fourth-order valence-electron chi connectivity index (χ4n) is 1.89. The standard InChI is InChI=1S/C10H14Br2N2O2S2/c11-9-5-8(10(12)17-9)18(15,16)14-6-7-3-1-2-4-13-7/h5,7,13-14H,1-4,6H2. The highest BCUT2D eigenvalue weighted by Crippen LogP contribution is 2.34. The fourth-order valence-corrected chi connectivity index (χ4v) is 6.79. The van der Waals surface area contributed by atoms with Gasteiger partial charge in [0, 0.05) is 12.6 Å². The molecule has 18 heavy (non-hydrogen) atoms. The van der Waals surface area contributed by atoms with Crippen LogP contribution in [0.2, 0.25) is 0 Å². The van der Waals surface area contributed by atoms with Crippen LogP contribution < -0.4 is 10.0 Å². The zero-order chi connectivity index (χ0) is 13.2. The molecule has 1 saturated heterocycles. The Bertz CT molecular complexity index is 510. The molecule has 0 spiro atoms.